The van der Waals surface area contributed by atoms with Crippen molar-refractivity contribution in [3.05, 3.63) is 33.8 Å². The summed E-state index contributed by atoms with van der Waals surface area (Å²) in [5, 5.41) is 3.79. The van der Waals surface area contributed by atoms with E-state index in [9.17, 15) is 9.59 Å². The molecule has 1 aliphatic carbocycles. The molecule has 1 heterocycles. The fraction of sp³-hybridized carbons (Fsp3) is 0.467. The van der Waals surface area contributed by atoms with E-state index in [1.807, 2.05) is 13.0 Å². The number of amides is 2. The molecule has 1 N–H and O–H groups in total. The van der Waals surface area contributed by atoms with Crippen LogP contribution in [0.3, 0.4) is 0 Å². The Morgan fingerprint density at radius 3 is 2.62 bits per heavy atom. The maximum absolute atomic E-state index is 12.7. The van der Waals surface area contributed by atoms with E-state index in [2.05, 4.69) is 5.32 Å². The average Bonchev–Trinajstić information content (AvgIpc) is 3.24. The molecule has 1 saturated carbocycles. The van der Waals surface area contributed by atoms with Crippen LogP contribution < -0.4 is 5.32 Å². The third-order valence-electron chi connectivity index (χ3n) is 4.22. The number of carbonyl (C=O) groups excluding carboxylic acids is 2. The van der Waals surface area contributed by atoms with Gasteiger partial charge in [-0.25, -0.2) is 0 Å². The molecule has 6 heteroatoms. The second-order valence-corrected chi connectivity index (χ2v) is 6.75. The van der Waals surface area contributed by atoms with E-state index in [0.29, 0.717) is 16.6 Å². The van der Waals surface area contributed by atoms with Gasteiger partial charge in [-0.2, -0.15) is 0 Å². The molecule has 0 bridgehead atoms. The quantitative estimate of drug-likeness (QED) is 0.928. The molecule has 112 valence electrons. The average molecular weight is 327 g/mol. The number of carbonyl (C=O) groups is 2. The number of nitrogens with zero attached hydrogens (tertiary/aromatic N) is 1. The fourth-order valence-electron chi connectivity index (χ4n) is 2.88. The summed E-state index contributed by atoms with van der Waals surface area (Å²) in [6.07, 6.45) is 1.98. The van der Waals surface area contributed by atoms with E-state index in [4.69, 9.17) is 23.2 Å². The summed E-state index contributed by atoms with van der Waals surface area (Å²) in [7, 11) is 0. The molecule has 3 rings (SSSR count). The van der Waals surface area contributed by atoms with Crippen molar-refractivity contribution < 1.29 is 9.59 Å². The highest BCUT2D eigenvalue weighted by molar-refractivity contribution is 6.42. The number of hydrogen-bond donors (Lipinski definition) is 1. The summed E-state index contributed by atoms with van der Waals surface area (Å²) in [5.74, 6) is 0.130. The first-order valence-electron chi connectivity index (χ1n) is 6.94. The lowest BCUT2D eigenvalue weighted by molar-refractivity contribution is -0.150. The van der Waals surface area contributed by atoms with Gasteiger partial charge in [-0.15, -0.1) is 0 Å². The molecule has 2 amide bonds. The van der Waals surface area contributed by atoms with Crippen LogP contribution >= 0.6 is 23.2 Å². The van der Waals surface area contributed by atoms with Crippen molar-refractivity contribution >= 4 is 35.0 Å². The van der Waals surface area contributed by atoms with Gasteiger partial charge in [0.1, 0.15) is 5.54 Å². The highest BCUT2D eigenvalue weighted by atomic mass is 35.5. The van der Waals surface area contributed by atoms with Crippen molar-refractivity contribution in [3.8, 4) is 0 Å². The highest BCUT2D eigenvalue weighted by Crippen LogP contribution is 2.41. The molecule has 1 unspecified atom stereocenters. The Balaban J connectivity index is 1.82. The minimum atomic E-state index is -0.758. The second-order valence-electron chi connectivity index (χ2n) is 5.93. The van der Waals surface area contributed by atoms with E-state index in [-0.39, 0.29) is 24.3 Å². The lowest BCUT2D eigenvalue weighted by atomic mass is 9.91. The molecule has 2 fully saturated rings. The summed E-state index contributed by atoms with van der Waals surface area (Å²) in [4.78, 5) is 26.2. The van der Waals surface area contributed by atoms with Gasteiger partial charge in [0.25, 0.3) is 0 Å². The SMILES string of the molecule is CC1(C2CC2)NC(=O)CN(Cc2ccc(Cl)c(Cl)c2)C1=O. The molecule has 2 aliphatic rings. The molecule has 1 aromatic carbocycles. The molecule has 4 nitrogen and oxygen atoms in total. The molecular weight excluding hydrogens is 311 g/mol. The summed E-state index contributed by atoms with van der Waals surface area (Å²) >= 11 is 11.9. The van der Waals surface area contributed by atoms with E-state index in [1.165, 1.54) is 0 Å². The van der Waals surface area contributed by atoms with Gasteiger partial charge in [-0.05, 0) is 43.4 Å². The summed E-state index contributed by atoms with van der Waals surface area (Å²) in [6, 6.07) is 5.26. The van der Waals surface area contributed by atoms with Gasteiger partial charge in [0.15, 0.2) is 0 Å². The topological polar surface area (TPSA) is 49.4 Å². The molecule has 1 atom stereocenters. The maximum atomic E-state index is 12.7. The first-order chi connectivity index (χ1) is 9.90. The van der Waals surface area contributed by atoms with Gasteiger partial charge >= 0.3 is 0 Å². The Kier molecular flexibility index (Phi) is 3.62. The van der Waals surface area contributed by atoms with Crippen molar-refractivity contribution in [2.45, 2.75) is 31.8 Å². The first kappa shape index (κ1) is 14.7. The van der Waals surface area contributed by atoms with Crippen LogP contribution in [0.4, 0.5) is 0 Å². The van der Waals surface area contributed by atoms with E-state index in [1.54, 1.807) is 17.0 Å². The van der Waals surface area contributed by atoms with Gasteiger partial charge in [0.05, 0.1) is 16.6 Å². The highest BCUT2D eigenvalue weighted by Gasteiger charge is 2.52. The zero-order chi connectivity index (χ0) is 15.2. The second kappa shape index (κ2) is 5.18. The third-order valence-corrected chi connectivity index (χ3v) is 4.96. The predicted molar refractivity (Wildman–Crippen MR) is 81.2 cm³/mol. The van der Waals surface area contributed by atoms with Crippen LogP contribution in [0.2, 0.25) is 10.0 Å². The van der Waals surface area contributed by atoms with Gasteiger partial charge in [0.2, 0.25) is 11.8 Å². The maximum Gasteiger partial charge on any atom is 0.249 e. The zero-order valence-electron chi connectivity index (χ0n) is 11.7. The lowest BCUT2D eigenvalue weighted by Crippen LogP contribution is -2.66. The predicted octanol–water partition coefficient (Wildman–Crippen LogP) is 2.62. The minimum absolute atomic E-state index is 0.0179. The molecule has 21 heavy (non-hydrogen) atoms. The molecule has 1 aliphatic heterocycles. The number of piperazine rings is 1. The Morgan fingerprint density at radius 1 is 1.29 bits per heavy atom. The molecule has 1 aromatic rings. The van der Waals surface area contributed by atoms with Crippen LogP contribution in [0.25, 0.3) is 0 Å². The van der Waals surface area contributed by atoms with E-state index < -0.39 is 5.54 Å². The van der Waals surface area contributed by atoms with Crippen LogP contribution in [0.15, 0.2) is 18.2 Å². The van der Waals surface area contributed by atoms with Crippen LogP contribution in [-0.2, 0) is 16.1 Å². The Morgan fingerprint density at radius 2 is 2.00 bits per heavy atom. The van der Waals surface area contributed by atoms with Crippen molar-refractivity contribution in [1.82, 2.24) is 10.2 Å². The van der Waals surface area contributed by atoms with Crippen molar-refractivity contribution in [2.75, 3.05) is 6.54 Å². The third kappa shape index (κ3) is 2.74. The number of nitrogens with one attached hydrogen (secondary N) is 1. The smallest absolute Gasteiger partial charge is 0.249 e. The zero-order valence-corrected chi connectivity index (χ0v) is 13.2. The largest absolute Gasteiger partial charge is 0.340 e. The van der Waals surface area contributed by atoms with Crippen LogP contribution in [-0.4, -0.2) is 28.8 Å². The van der Waals surface area contributed by atoms with Crippen molar-refractivity contribution in [3.63, 3.8) is 0 Å². The van der Waals surface area contributed by atoms with Crippen molar-refractivity contribution in [1.29, 1.82) is 0 Å². The Labute approximate surface area is 133 Å². The summed E-state index contributed by atoms with van der Waals surface area (Å²) < 4.78 is 0. The van der Waals surface area contributed by atoms with Gasteiger partial charge in [-0.3, -0.25) is 9.59 Å². The number of hydrogen-bond acceptors (Lipinski definition) is 2. The number of rotatable bonds is 3. The van der Waals surface area contributed by atoms with Crippen LogP contribution in [0, 0.1) is 5.92 Å². The molecule has 0 aromatic heterocycles. The summed E-state index contributed by atoms with van der Waals surface area (Å²) in [5.41, 5.74) is 0.108. The molecular formula is C15H16Cl2N2O2. The van der Waals surface area contributed by atoms with Gasteiger partial charge in [-0.1, -0.05) is 29.3 Å². The van der Waals surface area contributed by atoms with Crippen molar-refractivity contribution in [2.24, 2.45) is 5.92 Å². The minimum Gasteiger partial charge on any atom is -0.340 e. The van der Waals surface area contributed by atoms with Crippen LogP contribution in [0.1, 0.15) is 25.3 Å². The number of benzene rings is 1. The fourth-order valence-corrected chi connectivity index (χ4v) is 3.20. The first-order valence-corrected chi connectivity index (χ1v) is 7.70. The Bertz CT molecular complexity index is 616. The normalized spacial score (nSPS) is 26.0. The van der Waals surface area contributed by atoms with E-state index >= 15 is 0 Å². The molecule has 1 saturated heterocycles. The monoisotopic (exact) mass is 326 g/mol. The van der Waals surface area contributed by atoms with E-state index in [0.717, 1.165) is 18.4 Å². The van der Waals surface area contributed by atoms with Crippen LogP contribution in [0.5, 0.6) is 0 Å². The molecule has 0 spiro atoms. The standard InChI is InChI=1S/C15H16Cl2N2O2/c1-15(10-3-4-10)14(21)19(8-13(20)18-15)7-9-2-5-11(16)12(17)6-9/h2,5-6,10H,3-4,7-8H2,1H3,(H,18,20). The Hall–Kier alpha value is -1.26. The van der Waals surface area contributed by atoms with Gasteiger partial charge in [0, 0.05) is 6.54 Å². The summed E-state index contributed by atoms with van der Waals surface area (Å²) in [6.45, 7) is 2.28. The lowest BCUT2D eigenvalue weighted by Gasteiger charge is -2.40. The number of halogens is 2. The van der Waals surface area contributed by atoms with Gasteiger partial charge < -0.3 is 10.2 Å². The molecule has 0 radical (unpaired) electrons.